The second kappa shape index (κ2) is 6.45. The van der Waals surface area contributed by atoms with Gasteiger partial charge in [-0.2, -0.15) is 13.2 Å². The third-order valence-corrected chi connectivity index (χ3v) is 3.14. The van der Waals surface area contributed by atoms with Crippen LogP contribution in [0.25, 0.3) is 0 Å². The van der Waals surface area contributed by atoms with E-state index in [4.69, 9.17) is 16.3 Å². The van der Waals surface area contributed by atoms with Crippen molar-refractivity contribution < 1.29 is 32.2 Å². The number of carbonyl (C=O) groups is 1. The summed E-state index contributed by atoms with van der Waals surface area (Å²) in [5, 5.41) is 11.5. The lowest BCUT2D eigenvalue weighted by Crippen LogP contribution is -2.33. The van der Waals surface area contributed by atoms with Crippen LogP contribution in [0.5, 0.6) is 5.75 Å². The highest BCUT2D eigenvalue weighted by Crippen LogP contribution is 2.34. The normalized spacial score (nSPS) is 12.7. The lowest BCUT2D eigenvalue weighted by molar-refractivity contribution is -0.314. The van der Waals surface area contributed by atoms with Crippen LogP contribution in [-0.2, 0) is 11.0 Å². The van der Waals surface area contributed by atoms with E-state index in [1.165, 1.54) is 24.3 Å². The van der Waals surface area contributed by atoms with E-state index >= 15 is 0 Å². The maximum atomic E-state index is 13.2. The van der Waals surface area contributed by atoms with Crippen LogP contribution in [0.1, 0.15) is 17.2 Å². The number of ether oxygens (including phenoxy) is 1. The number of hydrogen-bond acceptors (Lipinski definition) is 3. The Morgan fingerprint density at radius 1 is 1.13 bits per heavy atom. The number of benzene rings is 2. The molecule has 0 N–H and O–H groups in total. The van der Waals surface area contributed by atoms with E-state index in [-0.39, 0.29) is 5.56 Å². The van der Waals surface area contributed by atoms with E-state index in [9.17, 15) is 27.5 Å². The second-order valence-corrected chi connectivity index (χ2v) is 4.94. The standard InChI is InChI=1S/C15H9ClF4O3/c16-9-3-1-8(2-4-9)13(14(21)22)23-10-5-6-12(17)11(7-10)15(18,19)20/h1-7,13H,(H,21,22)/p-1. The minimum atomic E-state index is -4.93. The summed E-state index contributed by atoms with van der Waals surface area (Å²) < 4.78 is 56.2. The van der Waals surface area contributed by atoms with Gasteiger partial charge in [0.2, 0.25) is 0 Å². The molecule has 122 valence electrons. The highest BCUT2D eigenvalue weighted by molar-refractivity contribution is 6.30. The zero-order valence-electron chi connectivity index (χ0n) is 11.2. The van der Waals surface area contributed by atoms with Gasteiger partial charge in [-0.25, -0.2) is 4.39 Å². The quantitative estimate of drug-likeness (QED) is 0.797. The Bertz CT molecular complexity index is 714. The van der Waals surface area contributed by atoms with Crippen LogP contribution in [0.4, 0.5) is 17.6 Å². The van der Waals surface area contributed by atoms with E-state index < -0.39 is 35.4 Å². The van der Waals surface area contributed by atoms with Gasteiger partial charge in [0.1, 0.15) is 11.6 Å². The van der Waals surface area contributed by atoms with Gasteiger partial charge in [0.15, 0.2) is 6.10 Å². The van der Waals surface area contributed by atoms with E-state index in [0.29, 0.717) is 17.2 Å². The van der Waals surface area contributed by atoms with Crippen LogP contribution in [0.15, 0.2) is 42.5 Å². The summed E-state index contributed by atoms with van der Waals surface area (Å²) in [6.07, 6.45) is -6.60. The van der Waals surface area contributed by atoms with Crippen molar-refractivity contribution in [2.75, 3.05) is 0 Å². The first-order valence-electron chi connectivity index (χ1n) is 6.18. The number of hydrogen-bond donors (Lipinski definition) is 0. The fourth-order valence-corrected chi connectivity index (χ4v) is 1.95. The van der Waals surface area contributed by atoms with Gasteiger partial charge in [0, 0.05) is 5.02 Å². The molecular weight excluding hydrogens is 340 g/mol. The number of halogens is 5. The Kier molecular flexibility index (Phi) is 4.79. The summed E-state index contributed by atoms with van der Waals surface area (Å²) >= 11 is 5.67. The Hall–Kier alpha value is -2.28. The van der Waals surface area contributed by atoms with Crippen molar-refractivity contribution in [2.24, 2.45) is 0 Å². The van der Waals surface area contributed by atoms with E-state index in [1.54, 1.807) is 0 Å². The molecule has 23 heavy (non-hydrogen) atoms. The topological polar surface area (TPSA) is 49.4 Å². The van der Waals surface area contributed by atoms with Crippen LogP contribution >= 0.6 is 11.6 Å². The molecule has 0 heterocycles. The predicted molar refractivity (Wildman–Crippen MR) is 71.2 cm³/mol. The minimum absolute atomic E-state index is 0.118. The van der Waals surface area contributed by atoms with Gasteiger partial charge < -0.3 is 14.6 Å². The highest BCUT2D eigenvalue weighted by atomic mass is 35.5. The molecule has 0 aromatic heterocycles. The van der Waals surface area contributed by atoms with Crippen molar-refractivity contribution in [3.63, 3.8) is 0 Å². The van der Waals surface area contributed by atoms with Gasteiger partial charge in [-0.05, 0) is 35.9 Å². The average Bonchev–Trinajstić information content (AvgIpc) is 2.46. The van der Waals surface area contributed by atoms with Crippen molar-refractivity contribution in [1.82, 2.24) is 0 Å². The van der Waals surface area contributed by atoms with Gasteiger partial charge in [-0.1, -0.05) is 23.7 Å². The van der Waals surface area contributed by atoms with Crippen molar-refractivity contribution in [3.8, 4) is 5.75 Å². The molecule has 2 rings (SSSR count). The van der Waals surface area contributed by atoms with Crippen LogP contribution in [0, 0.1) is 5.82 Å². The molecule has 0 aliphatic carbocycles. The van der Waals surface area contributed by atoms with E-state index in [2.05, 4.69) is 0 Å². The molecule has 0 fully saturated rings. The number of carboxylic acid groups (broad SMARTS) is 1. The summed E-state index contributed by atoms with van der Waals surface area (Å²) in [5.41, 5.74) is -1.43. The molecule has 2 aromatic carbocycles. The lowest BCUT2D eigenvalue weighted by Gasteiger charge is -2.21. The van der Waals surface area contributed by atoms with Crippen LogP contribution in [-0.4, -0.2) is 5.97 Å². The summed E-state index contributed by atoms with van der Waals surface area (Å²) in [6.45, 7) is 0. The van der Waals surface area contributed by atoms with Gasteiger partial charge in [-0.15, -0.1) is 0 Å². The molecule has 0 saturated heterocycles. The molecule has 2 aromatic rings. The minimum Gasteiger partial charge on any atom is -0.546 e. The number of carbonyl (C=O) groups excluding carboxylic acids is 1. The van der Waals surface area contributed by atoms with Crippen LogP contribution in [0.3, 0.4) is 0 Å². The van der Waals surface area contributed by atoms with Crippen molar-refractivity contribution in [2.45, 2.75) is 12.3 Å². The molecule has 0 bridgehead atoms. The highest BCUT2D eigenvalue weighted by Gasteiger charge is 2.34. The third-order valence-electron chi connectivity index (χ3n) is 2.88. The van der Waals surface area contributed by atoms with E-state index in [0.717, 1.165) is 6.07 Å². The predicted octanol–water partition coefficient (Wildman–Crippen LogP) is 3.37. The third kappa shape index (κ3) is 4.13. The SMILES string of the molecule is O=C([O-])C(Oc1ccc(F)c(C(F)(F)F)c1)c1ccc(Cl)cc1. The molecule has 0 amide bonds. The first-order valence-corrected chi connectivity index (χ1v) is 6.56. The zero-order valence-corrected chi connectivity index (χ0v) is 12.0. The Morgan fingerprint density at radius 2 is 1.74 bits per heavy atom. The van der Waals surface area contributed by atoms with Gasteiger partial charge >= 0.3 is 6.18 Å². The van der Waals surface area contributed by atoms with Crippen molar-refractivity contribution in [1.29, 1.82) is 0 Å². The number of rotatable bonds is 4. The second-order valence-electron chi connectivity index (χ2n) is 4.51. The fraction of sp³-hybridized carbons (Fsp3) is 0.133. The average molecular weight is 348 g/mol. The molecule has 0 aliphatic rings. The van der Waals surface area contributed by atoms with Gasteiger partial charge in [0.05, 0.1) is 11.5 Å². The van der Waals surface area contributed by atoms with Crippen LogP contribution < -0.4 is 9.84 Å². The first-order chi connectivity index (χ1) is 10.7. The Balaban J connectivity index is 2.34. The van der Waals surface area contributed by atoms with Crippen molar-refractivity contribution >= 4 is 17.6 Å². The fourth-order valence-electron chi connectivity index (χ4n) is 1.82. The number of alkyl halides is 3. The maximum Gasteiger partial charge on any atom is 0.419 e. The molecule has 1 unspecified atom stereocenters. The van der Waals surface area contributed by atoms with Crippen molar-refractivity contribution in [3.05, 3.63) is 64.4 Å². The molecule has 1 atom stereocenters. The monoisotopic (exact) mass is 347 g/mol. The molecule has 0 saturated carbocycles. The first kappa shape index (κ1) is 17.1. The van der Waals surface area contributed by atoms with Gasteiger partial charge in [-0.3, -0.25) is 0 Å². The lowest BCUT2D eigenvalue weighted by atomic mass is 10.1. The molecular formula is C15H8ClF4O3-. The summed E-state index contributed by atoms with van der Waals surface area (Å²) in [4.78, 5) is 11.2. The largest absolute Gasteiger partial charge is 0.546 e. The smallest absolute Gasteiger partial charge is 0.419 e. The zero-order chi connectivity index (χ0) is 17.2. The molecule has 0 spiro atoms. The molecule has 8 heteroatoms. The van der Waals surface area contributed by atoms with Crippen LogP contribution in [0.2, 0.25) is 5.02 Å². The Morgan fingerprint density at radius 3 is 2.26 bits per heavy atom. The summed E-state index contributed by atoms with van der Waals surface area (Å²) in [5.74, 6) is -3.60. The summed E-state index contributed by atoms with van der Waals surface area (Å²) in [6, 6.07) is 7.28. The maximum absolute atomic E-state index is 13.2. The van der Waals surface area contributed by atoms with E-state index in [1.807, 2.05) is 0 Å². The van der Waals surface area contributed by atoms with Gasteiger partial charge in [0.25, 0.3) is 0 Å². The summed E-state index contributed by atoms with van der Waals surface area (Å²) in [7, 11) is 0. The molecule has 0 radical (unpaired) electrons. The number of aliphatic carboxylic acids is 1. The molecule has 0 aliphatic heterocycles. The number of carboxylic acids is 1. The molecule has 3 nitrogen and oxygen atoms in total. The Labute approximate surface area is 133 Å².